The molecule has 0 saturated carbocycles. The maximum Gasteiger partial charge on any atom is 0.333 e. The first kappa shape index (κ1) is 20.9. The summed E-state index contributed by atoms with van der Waals surface area (Å²) in [6.45, 7) is -1.49. The van der Waals surface area contributed by atoms with Crippen molar-refractivity contribution in [2.75, 3.05) is 13.1 Å². The van der Waals surface area contributed by atoms with Gasteiger partial charge >= 0.3 is 6.55 Å². The number of halogens is 2. The third-order valence-electron chi connectivity index (χ3n) is 4.33. The Kier molecular flexibility index (Phi) is 7.95. The maximum atomic E-state index is 12.9. The van der Waals surface area contributed by atoms with Crippen molar-refractivity contribution in [3.05, 3.63) is 40.2 Å². The molecule has 3 N–H and O–H groups in total. The lowest BCUT2D eigenvalue weighted by molar-refractivity contribution is 0.0566. The Bertz CT molecular complexity index is 806. The third-order valence-corrected chi connectivity index (χ3v) is 5.45. The smallest absolute Gasteiger partial charge is 0.333 e. The summed E-state index contributed by atoms with van der Waals surface area (Å²) in [5.41, 5.74) is 2.54. The molecule has 0 bridgehead atoms. The predicted molar refractivity (Wildman–Crippen MR) is 108 cm³/mol. The van der Waals surface area contributed by atoms with Gasteiger partial charge in [0.2, 0.25) is 0 Å². The van der Waals surface area contributed by atoms with Crippen LogP contribution in [0.4, 0.5) is 8.78 Å². The summed E-state index contributed by atoms with van der Waals surface area (Å²) in [5.74, 6) is 0.721. The molecule has 0 aromatic carbocycles. The molecule has 28 heavy (non-hydrogen) atoms. The SMILES string of the molecule is OSNCCCCCCC1=C(c2cnn(C(F)F)c2)CN=C(c2nccs2)N1. The van der Waals surface area contributed by atoms with Crippen LogP contribution in [0.15, 0.2) is 34.7 Å². The molecule has 2 aromatic rings. The maximum absolute atomic E-state index is 12.9. The van der Waals surface area contributed by atoms with Crippen molar-refractivity contribution in [1.29, 1.82) is 0 Å². The molecule has 0 atom stereocenters. The molecule has 0 saturated heterocycles. The Balaban J connectivity index is 1.67. The number of alkyl halides is 2. The number of thiazole rings is 1. The Morgan fingerprint density at radius 1 is 1.32 bits per heavy atom. The van der Waals surface area contributed by atoms with Crippen molar-refractivity contribution in [1.82, 2.24) is 24.8 Å². The summed E-state index contributed by atoms with van der Waals surface area (Å²) in [6, 6.07) is 0. The lowest BCUT2D eigenvalue weighted by atomic mass is 10.0. The molecular weight excluding hydrogens is 406 g/mol. The van der Waals surface area contributed by atoms with Crippen molar-refractivity contribution < 1.29 is 13.3 Å². The largest absolute Gasteiger partial charge is 0.341 e. The molecule has 11 heteroatoms. The molecule has 0 spiro atoms. The van der Waals surface area contributed by atoms with E-state index in [4.69, 9.17) is 4.55 Å². The fourth-order valence-electron chi connectivity index (χ4n) is 2.95. The first-order chi connectivity index (χ1) is 13.7. The van der Waals surface area contributed by atoms with Crippen molar-refractivity contribution >= 4 is 35.0 Å². The molecule has 7 nitrogen and oxygen atoms in total. The molecule has 152 valence electrons. The summed E-state index contributed by atoms with van der Waals surface area (Å²) in [7, 11) is 0. The van der Waals surface area contributed by atoms with Gasteiger partial charge in [-0.15, -0.1) is 11.3 Å². The Morgan fingerprint density at radius 2 is 2.18 bits per heavy atom. The highest BCUT2D eigenvalue weighted by Gasteiger charge is 2.20. The number of unbranched alkanes of at least 4 members (excludes halogenated alkanes) is 3. The zero-order valence-electron chi connectivity index (χ0n) is 15.1. The van der Waals surface area contributed by atoms with Crippen LogP contribution >= 0.6 is 23.6 Å². The van der Waals surface area contributed by atoms with Gasteiger partial charge in [-0.05, 0) is 19.3 Å². The number of hydrogen-bond donors (Lipinski definition) is 3. The molecule has 0 fully saturated rings. The summed E-state index contributed by atoms with van der Waals surface area (Å²) < 4.78 is 37.9. The number of amidine groups is 1. The van der Waals surface area contributed by atoms with Gasteiger partial charge in [0.15, 0.2) is 10.8 Å². The topological polar surface area (TPSA) is 87.4 Å². The van der Waals surface area contributed by atoms with Crippen LogP contribution in [0.5, 0.6) is 0 Å². The normalized spacial score (nSPS) is 14.5. The first-order valence-corrected chi connectivity index (χ1v) is 10.6. The van der Waals surface area contributed by atoms with E-state index in [0.717, 1.165) is 60.8 Å². The highest BCUT2D eigenvalue weighted by molar-refractivity contribution is 7.91. The fourth-order valence-corrected chi connectivity index (χ4v) is 3.79. The fraction of sp³-hybridized carbons (Fsp3) is 0.471. The molecule has 0 radical (unpaired) electrons. The lowest BCUT2D eigenvalue weighted by Gasteiger charge is -2.21. The second-order valence-electron chi connectivity index (χ2n) is 6.22. The number of aromatic nitrogens is 3. The van der Waals surface area contributed by atoms with E-state index in [1.807, 2.05) is 5.38 Å². The molecule has 3 heterocycles. The van der Waals surface area contributed by atoms with Crippen molar-refractivity contribution in [3.63, 3.8) is 0 Å². The van der Waals surface area contributed by atoms with E-state index in [1.165, 1.54) is 23.7 Å². The Labute approximate surface area is 170 Å². The molecule has 3 rings (SSSR count). The Morgan fingerprint density at radius 3 is 2.89 bits per heavy atom. The highest BCUT2D eigenvalue weighted by Crippen LogP contribution is 2.26. The number of nitrogens with one attached hydrogen (secondary N) is 2. The number of rotatable bonds is 11. The van der Waals surface area contributed by atoms with Crippen LogP contribution in [0.2, 0.25) is 0 Å². The van der Waals surface area contributed by atoms with Crippen LogP contribution in [0.1, 0.15) is 49.2 Å². The van der Waals surface area contributed by atoms with Crippen molar-refractivity contribution in [2.45, 2.75) is 38.7 Å². The minimum atomic E-state index is -2.66. The molecule has 0 amide bonds. The van der Waals surface area contributed by atoms with Crippen LogP contribution < -0.4 is 10.0 Å². The quantitative estimate of drug-likeness (QED) is 0.283. The van der Waals surface area contributed by atoms with Crippen LogP contribution in [-0.4, -0.2) is 38.2 Å². The van der Waals surface area contributed by atoms with Crippen LogP contribution in [0, 0.1) is 0 Å². The average Bonchev–Trinajstić information content (AvgIpc) is 3.39. The lowest BCUT2D eigenvalue weighted by Crippen LogP contribution is -2.29. The van der Waals surface area contributed by atoms with E-state index in [1.54, 1.807) is 6.20 Å². The van der Waals surface area contributed by atoms with Gasteiger partial charge in [0, 0.05) is 41.2 Å². The third kappa shape index (κ3) is 5.60. The minimum absolute atomic E-state index is 0.407. The molecule has 1 aliphatic heterocycles. The monoisotopic (exact) mass is 428 g/mol. The van der Waals surface area contributed by atoms with E-state index in [-0.39, 0.29) is 0 Å². The second-order valence-corrected chi connectivity index (χ2v) is 7.59. The standard InChI is InChI=1S/C17H22F2N6OS2/c18-17(19)25-11-12(9-22-25)13-10-21-15(16-20-7-8-27-16)24-14(13)5-3-1-2-4-6-23-28-26/h7-9,11,17,23,26H,1-6,10H2,(H,21,24). The van der Waals surface area contributed by atoms with Crippen LogP contribution in [-0.2, 0) is 0 Å². The van der Waals surface area contributed by atoms with E-state index in [0.29, 0.717) is 29.0 Å². The second kappa shape index (κ2) is 10.6. The minimum Gasteiger partial charge on any atom is -0.341 e. The average molecular weight is 429 g/mol. The van der Waals surface area contributed by atoms with Gasteiger partial charge < -0.3 is 9.87 Å². The summed E-state index contributed by atoms with van der Waals surface area (Å²) in [5, 5.41) is 9.81. The van der Waals surface area contributed by atoms with E-state index < -0.39 is 6.55 Å². The number of nitrogens with zero attached hydrogens (tertiary/aromatic N) is 4. The predicted octanol–water partition coefficient (Wildman–Crippen LogP) is 4.16. The number of aliphatic imine (C=N–C) groups is 1. The van der Waals surface area contributed by atoms with Crippen LogP contribution in [0.3, 0.4) is 0 Å². The van der Waals surface area contributed by atoms with E-state index in [9.17, 15) is 8.78 Å². The van der Waals surface area contributed by atoms with Gasteiger partial charge in [-0.1, -0.05) is 12.8 Å². The molecule has 0 aliphatic carbocycles. The van der Waals surface area contributed by atoms with Crippen LogP contribution in [0.25, 0.3) is 5.57 Å². The van der Waals surface area contributed by atoms with Gasteiger partial charge in [-0.2, -0.15) is 13.9 Å². The number of allylic oxidation sites excluding steroid dienone is 1. The van der Waals surface area contributed by atoms with Gasteiger partial charge in [-0.25, -0.2) is 14.4 Å². The zero-order valence-corrected chi connectivity index (χ0v) is 16.8. The molecule has 1 aliphatic rings. The highest BCUT2D eigenvalue weighted by atomic mass is 32.2. The molecule has 2 aromatic heterocycles. The van der Waals surface area contributed by atoms with Gasteiger partial charge in [0.1, 0.15) is 0 Å². The first-order valence-electron chi connectivity index (χ1n) is 8.98. The summed E-state index contributed by atoms with van der Waals surface area (Å²) in [6.07, 6.45) is 9.39. The summed E-state index contributed by atoms with van der Waals surface area (Å²) in [4.78, 5) is 8.84. The zero-order chi connectivity index (χ0) is 19.8. The number of hydrogen-bond acceptors (Lipinski definition) is 8. The van der Waals surface area contributed by atoms with E-state index in [2.05, 4.69) is 25.1 Å². The molecule has 0 unspecified atom stereocenters. The Hall–Kier alpha value is -1.82. The van der Waals surface area contributed by atoms with E-state index >= 15 is 0 Å². The van der Waals surface area contributed by atoms with Crippen molar-refractivity contribution in [2.24, 2.45) is 4.99 Å². The summed E-state index contributed by atoms with van der Waals surface area (Å²) >= 11 is 2.15. The van der Waals surface area contributed by atoms with Gasteiger partial charge in [0.05, 0.1) is 25.0 Å². The van der Waals surface area contributed by atoms with Gasteiger partial charge in [-0.3, -0.25) is 4.99 Å². The van der Waals surface area contributed by atoms with Crippen molar-refractivity contribution in [3.8, 4) is 0 Å². The van der Waals surface area contributed by atoms with Gasteiger partial charge in [0.25, 0.3) is 0 Å². The molecular formula is C17H22F2N6OS2.